The Morgan fingerprint density at radius 1 is 0.863 bits per heavy atom. The number of hydrogen-bond donors (Lipinski definition) is 0. The SMILES string of the molecule is COCC1CN(CCN2CCN(C(=O)c3cc(C(F)(F)F)cc(C(F)(F)F)c3)C(c3ccc(C(=O)OC)c(O[Si](C)(C)C(C)(C)C)c3)C2)CCO1. The number of ether oxygens (including phenoxy) is 3. The summed E-state index contributed by atoms with van der Waals surface area (Å²) in [5.41, 5.74) is -3.20. The van der Waals surface area contributed by atoms with Crippen LogP contribution in [-0.2, 0) is 26.6 Å². The number of nitrogens with zero attached hydrogens (tertiary/aromatic N) is 3. The summed E-state index contributed by atoms with van der Waals surface area (Å²) in [6.45, 7) is 14.2. The summed E-state index contributed by atoms with van der Waals surface area (Å²) in [4.78, 5) is 32.5. The molecule has 4 rings (SSSR count). The van der Waals surface area contributed by atoms with Gasteiger partial charge in [0.15, 0.2) is 0 Å². The molecule has 284 valence electrons. The number of hydrogen-bond acceptors (Lipinski definition) is 8. The molecule has 2 atom stereocenters. The third kappa shape index (κ3) is 10.0. The number of alkyl halides is 6. The predicted octanol–water partition coefficient (Wildman–Crippen LogP) is 6.74. The van der Waals surface area contributed by atoms with Crippen molar-refractivity contribution in [3.63, 3.8) is 0 Å². The first-order chi connectivity index (χ1) is 23.6. The molecule has 0 saturated carbocycles. The number of amides is 1. The Bertz CT molecular complexity index is 1510. The van der Waals surface area contributed by atoms with E-state index < -0.39 is 55.3 Å². The topological polar surface area (TPSA) is 80.8 Å². The molecule has 16 heteroatoms. The maximum Gasteiger partial charge on any atom is 0.416 e. The molecule has 0 radical (unpaired) electrons. The van der Waals surface area contributed by atoms with Crippen molar-refractivity contribution in [2.24, 2.45) is 0 Å². The molecule has 2 unspecified atom stereocenters. The zero-order valence-corrected chi connectivity index (χ0v) is 31.0. The minimum Gasteiger partial charge on any atom is -0.543 e. The largest absolute Gasteiger partial charge is 0.543 e. The van der Waals surface area contributed by atoms with Crippen LogP contribution in [0.4, 0.5) is 26.3 Å². The summed E-state index contributed by atoms with van der Waals surface area (Å²) >= 11 is 0. The fraction of sp³-hybridized carbons (Fsp3) is 0.600. The Hall–Kier alpha value is -3.18. The highest BCUT2D eigenvalue weighted by molar-refractivity contribution is 6.74. The van der Waals surface area contributed by atoms with Crippen molar-refractivity contribution in [2.45, 2.75) is 63.4 Å². The van der Waals surface area contributed by atoms with E-state index in [9.17, 15) is 35.9 Å². The summed E-state index contributed by atoms with van der Waals surface area (Å²) < 4.78 is 105. The highest BCUT2D eigenvalue weighted by Gasteiger charge is 2.42. The third-order valence-electron chi connectivity index (χ3n) is 9.83. The Morgan fingerprint density at radius 2 is 1.47 bits per heavy atom. The van der Waals surface area contributed by atoms with Gasteiger partial charge in [-0.2, -0.15) is 26.3 Å². The van der Waals surface area contributed by atoms with Crippen molar-refractivity contribution < 1.29 is 54.6 Å². The van der Waals surface area contributed by atoms with E-state index in [0.29, 0.717) is 63.6 Å². The third-order valence-corrected chi connectivity index (χ3v) is 14.2. The van der Waals surface area contributed by atoms with Crippen LogP contribution in [0.15, 0.2) is 36.4 Å². The van der Waals surface area contributed by atoms with Crippen LogP contribution in [0.1, 0.15) is 64.2 Å². The van der Waals surface area contributed by atoms with Crippen molar-refractivity contribution in [1.82, 2.24) is 14.7 Å². The smallest absolute Gasteiger partial charge is 0.416 e. The normalized spacial score (nSPS) is 20.0. The summed E-state index contributed by atoms with van der Waals surface area (Å²) in [6, 6.07) is 4.88. The average Bonchev–Trinajstić information content (AvgIpc) is 3.05. The second-order valence-corrected chi connectivity index (χ2v) is 19.2. The van der Waals surface area contributed by atoms with Crippen molar-refractivity contribution in [1.29, 1.82) is 0 Å². The zero-order valence-electron chi connectivity index (χ0n) is 30.0. The fourth-order valence-corrected chi connectivity index (χ4v) is 6.93. The van der Waals surface area contributed by atoms with Crippen LogP contribution in [0, 0.1) is 0 Å². The maximum atomic E-state index is 14.1. The molecule has 2 saturated heterocycles. The number of esters is 1. The monoisotopic (exact) mass is 747 g/mol. The molecule has 1 amide bonds. The molecule has 9 nitrogen and oxygen atoms in total. The van der Waals surface area contributed by atoms with E-state index in [4.69, 9.17) is 18.6 Å². The minimum absolute atomic E-state index is 0.00500. The molecule has 51 heavy (non-hydrogen) atoms. The van der Waals surface area contributed by atoms with Crippen LogP contribution in [0.25, 0.3) is 0 Å². The number of carbonyl (C=O) groups excluding carboxylic acids is 2. The first kappa shape index (κ1) is 40.6. The Morgan fingerprint density at radius 3 is 2.02 bits per heavy atom. The van der Waals surface area contributed by atoms with Gasteiger partial charge in [0.2, 0.25) is 0 Å². The van der Waals surface area contributed by atoms with Crippen molar-refractivity contribution in [2.75, 3.05) is 73.2 Å². The number of rotatable bonds is 10. The molecule has 0 N–H and O–H groups in total. The maximum absolute atomic E-state index is 14.1. The van der Waals surface area contributed by atoms with Gasteiger partial charge in [-0.3, -0.25) is 14.6 Å². The zero-order chi connectivity index (χ0) is 37.9. The number of benzene rings is 2. The van der Waals surface area contributed by atoms with Gasteiger partial charge in [0.05, 0.1) is 43.6 Å². The van der Waals surface area contributed by atoms with Gasteiger partial charge in [0, 0.05) is 58.5 Å². The highest BCUT2D eigenvalue weighted by atomic mass is 28.4. The number of morpholine rings is 1. The van der Waals surface area contributed by atoms with Crippen LogP contribution in [0.5, 0.6) is 5.75 Å². The van der Waals surface area contributed by atoms with E-state index >= 15 is 0 Å². The van der Waals surface area contributed by atoms with Gasteiger partial charge in [-0.15, -0.1) is 0 Å². The lowest BCUT2D eigenvalue weighted by molar-refractivity contribution is -0.143. The van der Waals surface area contributed by atoms with E-state index in [-0.39, 0.29) is 41.6 Å². The molecule has 2 aromatic carbocycles. The van der Waals surface area contributed by atoms with Crippen LogP contribution in [0.2, 0.25) is 18.1 Å². The second kappa shape index (κ2) is 15.8. The van der Waals surface area contributed by atoms with E-state index in [1.165, 1.54) is 18.1 Å². The lowest BCUT2D eigenvalue weighted by Crippen LogP contribution is -2.53. The molecule has 0 bridgehead atoms. The van der Waals surface area contributed by atoms with Crippen LogP contribution >= 0.6 is 0 Å². The van der Waals surface area contributed by atoms with Crippen molar-refractivity contribution in [3.05, 3.63) is 64.2 Å². The first-order valence-electron chi connectivity index (χ1n) is 16.7. The molecule has 0 aliphatic carbocycles. The van der Waals surface area contributed by atoms with E-state index in [2.05, 4.69) is 9.80 Å². The summed E-state index contributed by atoms with van der Waals surface area (Å²) in [5.74, 6) is -1.39. The van der Waals surface area contributed by atoms with Gasteiger partial charge in [-0.1, -0.05) is 26.8 Å². The van der Waals surface area contributed by atoms with Crippen LogP contribution in [-0.4, -0.2) is 114 Å². The molecule has 0 spiro atoms. The first-order valence-corrected chi connectivity index (χ1v) is 19.6. The minimum atomic E-state index is -5.12. The number of halogens is 6. The Kier molecular flexibility index (Phi) is 12.6. The second-order valence-electron chi connectivity index (χ2n) is 14.5. The quantitative estimate of drug-likeness (QED) is 0.150. The molecule has 2 aromatic rings. The van der Waals surface area contributed by atoms with Gasteiger partial charge >= 0.3 is 18.3 Å². The Labute approximate surface area is 295 Å². The van der Waals surface area contributed by atoms with Gasteiger partial charge in [-0.05, 0) is 54.0 Å². The highest BCUT2D eigenvalue weighted by Crippen LogP contribution is 2.41. The summed E-state index contributed by atoms with van der Waals surface area (Å²) in [6.07, 6.45) is -10.3. The van der Waals surface area contributed by atoms with Gasteiger partial charge in [0.25, 0.3) is 14.2 Å². The van der Waals surface area contributed by atoms with Gasteiger partial charge < -0.3 is 23.5 Å². The van der Waals surface area contributed by atoms with E-state index in [1.54, 1.807) is 19.2 Å². The fourth-order valence-electron chi connectivity index (χ4n) is 5.91. The standard InChI is InChI=1S/C35H47F6N3O6Si/c1-33(2,3)51(6,7)50-30-18-23(8-9-28(30)32(46)48-5)29-21-42(10-11-43-14-15-49-27(20-43)22-47-4)12-13-44(29)31(45)24-16-25(34(36,37)38)19-26(17-24)35(39,40)41/h8-9,16-19,27,29H,10-15,20-22H2,1-7H3. The Balaban J connectivity index is 1.74. The molecule has 2 aliphatic rings. The summed E-state index contributed by atoms with van der Waals surface area (Å²) in [7, 11) is 0.300. The predicted molar refractivity (Wildman–Crippen MR) is 180 cm³/mol. The molecular formula is C35H47F6N3O6Si. The molecule has 2 heterocycles. The van der Waals surface area contributed by atoms with Crippen LogP contribution < -0.4 is 4.43 Å². The lowest BCUT2D eigenvalue weighted by Gasteiger charge is -2.43. The van der Waals surface area contributed by atoms with Crippen molar-refractivity contribution >= 4 is 20.2 Å². The summed E-state index contributed by atoms with van der Waals surface area (Å²) in [5, 5.41) is -0.262. The van der Waals surface area contributed by atoms with E-state index in [1.807, 2.05) is 33.9 Å². The van der Waals surface area contributed by atoms with Crippen molar-refractivity contribution in [3.8, 4) is 5.75 Å². The lowest BCUT2D eigenvalue weighted by atomic mass is 9.97. The molecular weight excluding hydrogens is 700 g/mol. The molecule has 0 aromatic heterocycles. The number of methoxy groups -OCH3 is 2. The molecule has 2 aliphatic heterocycles. The van der Waals surface area contributed by atoms with Crippen LogP contribution in [0.3, 0.4) is 0 Å². The number of carbonyl (C=O) groups is 2. The average molecular weight is 748 g/mol. The van der Waals surface area contributed by atoms with Gasteiger partial charge in [-0.25, -0.2) is 4.79 Å². The molecule has 2 fully saturated rings. The van der Waals surface area contributed by atoms with Gasteiger partial charge in [0.1, 0.15) is 11.3 Å². The number of piperazine rings is 1. The van der Waals surface area contributed by atoms with E-state index in [0.717, 1.165) is 0 Å².